The molecule has 186 valence electrons. The fourth-order valence-corrected chi connectivity index (χ4v) is 3.74. The Labute approximate surface area is 205 Å². The van der Waals surface area contributed by atoms with Gasteiger partial charge in [-0.1, -0.05) is 73.1 Å². The number of nitrogens with one attached hydrogen (secondary N) is 1. The molecule has 0 bridgehead atoms. The van der Waals surface area contributed by atoms with Crippen molar-refractivity contribution in [3.05, 3.63) is 59.2 Å². The summed E-state index contributed by atoms with van der Waals surface area (Å²) in [4.78, 5) is 24.8. The van der Waals surface area contributed by atoms with E-state index in [9.17, 15) is 9.59 Å². The van der Waals surface area contributed by atoms with Gasteiger partial charge in [0.1, 0.15) is 5.75 Å². The number of ether oxygens (including phenoxy) is 1. The molecule has 0 saturated heterocycles. The normalized spacial score (nSPS) is 12.8. The zero-order valence-electron chi connectivity index (χ0n) is 22.0. The minimum absolute atomic E-state index is 0.0571. The SMILES string of the molecule is CCCCC(Oc1ccc(C(C)(C)CC)cc1C(C)(C)CC)C(=O)Nc1cccc(C(N)=O)c1. The topological polar surface area (TPSA) is 81.4 Å². The standard InChI is InChI=1S/C29H42N2O3/c1-8-11-15-25(27(33)31-22-14-12-13-20(18-22)26(30)32)34-24-17-16-21(28(4,5)9-2)19-23(24)29(6,7)10-3/h12-14,16-19,25H,8-11,15H2,1-7H3,(H2,30,32)(H,31,33). The predicted molar refractivity (Wildman–Crippen MR) is 141 cm³/mol. The molecule has 2 aromatic rings. The first-order valence-electron chi connectivity index (χ1n) is 12.5. The second-order valence-electron chi connectivity index (χ2n) is 10.4. The molecule has 0 aliphatic carbocycles. The van der Waals surface area contributed by atoms with Gasteiger partial charge in [-0.2, -0.15) is 0 Å². The smallest absolute Gasteiger partial charge is 0.265 e. The maximum absolute atomic E-state index is 13.3. The molecule has 0 fully saturated rings. The second kappa shape index (κ2) is 11.5. The zero-order valence-corrected chi connectivity index (χ0v) is 22.0. The maximum atomic E-state index is 13.3. The molecule has 5 heteroatoms. The molecule has 5 nitrogen and oxygen atoms in total. The van der Waals surface area contributed by atoms with Gasteiger partial charge >= 0.3 is 0 Å². The molecule has 0 aromatic heterocycles. The Hall–Kier alpha value is -2.82. The van der Waals surface area contributed by atoms with Crippen molar-refractivity contribution in [2.75, 3.05) is 5.32 Å². The van der Waals surface area contributed by atoms with Gasteiger partial charge in [-0.25, -0.2) is 0 Å². The van der Waals surface area contributed by atoms with Gasteiger partial charge in [0.15, 0.2) is 6.10 Å². The lowest BCUT2D eigenvalue weighted by molar-refractivity contribution is -0.123. The first-order valence-corrected chi connectivity index (χ1v) is 12.5. The molecule has 2 aromatic carbocycles. The predicted octanol–water partition coefficient (Wildman–Crippen LogP) is 6.74. The average Bonchev–Trinajstić information content (AvgIpc) is 2.81. The van der Waals surface area contributed by atoms with E-state index < -0.39 is 12.0 Å². The Kier molecular flexibility index (Phi) is 9.31. The molecule has 3 N–H and O–H groups in total. The minimum atomic E-state index is -0.645. The minimum Gasteiger partial charge on any atom is -0.480 e. The van der Waals surface area contributed by atoms with Crippen LogP contribution in [0, 0.1) is 0 Å². The molecule has 0 saturated carbocycles. The van der Waals surface area contributed by atoms with Gasteiger partial charge in [0.05, 0.1) is 0 Å². The highest BCUT2D eigenvalue weighted by atomic mass is 16.5. The van der Waals surface area contributed by atoms with Crippen LogP contribution in [0.4, 0.5) is 5.69 Å². The van der Waals surface area contributed by atoms with E-state index in [1.165, 1.54) is 5.56 Å². The number of carbonyl (C=O) groups is 2. The van der Waals surface area contributed by atoms with Gasteiger partial charge in [0.25, 0.3) is 5.91 Å². The molecule has 34 heavy (non-hydrogen) atoms. The van der Waals surface area contributed by atoms with Crippen LogP contribution in [0.1, 0.15) is 102 Å². The number of benzene rings is 2. The van der Waals surface area contributed by atoms with Crippen molar-refractivity contribution < 1.29 is 14.3 Å². The van der Waals surface area contributed by atoms with Gasteiger partial charge in [0.2, 0.25) is 5.91 Å². The summed E-state index contributed by atoms with van der Waals surface area (Å²) >= 11 is 0. The summed E-state index contributed by atoms with van der Waals surface area (Å²) in [5.41, 5.74) is 8.62. The molecule has 1 unspecified atom stereocenters. The molecule has 2 amide bonds. The van der Waals surface area contributed by atoms with Crippen molar-refractivity contribution >= 4 is 17.5 Å². The van der Waals surface area contributed by atoms with Gasteiger partial charge in [0, 0.05) is 16.8 Å². The van der Waals surface area contributed by atoms with Gasteiger partial charge in [-0.05, 0) is 66.3 Å². The number of hydrogen-bond acceptors (Lipinski definition) is 3. The average molecular weight is 467 g/mol. The van der Waals surface area contributed by atoms with E-state index in [1.807, 2.05) is 6.07 Å². The Morgan fingerprint density at radius 2 is 1.65 bits per heavy atom. The van der Waals surface area contributed by atoms with Crippen LogP contribution < -0.4 is 15.8 Å². The number of hydrogen-bond donors (Lipinski definition) is 2. The third kappa shape index (κ3) is 6.85. The Morgan fingerprint density at radius 3 is 2.24 bits per heavy atom. The highest BCUT2D eigenvalue weighted by Crippen LogP contribution is 2.39. The number of amides is 2. The summed E-state index contributed by atoms with van der Waals surface area (Å²) in [7, 11) is 0. The van der Waals surface area contributed by atoms with Crippen molar-refractivity contribution in [1.29, 1.82) is 0 Å². The molecule has 2 rings (SSSR count). The van der Waals surface area contributed by atoms with Crippen LogP contribution in [-0.2, 0) is 15.6 Å². The highest BCUT2D eigenvalue weighted by Gasteiger charge is 2.29. The molecule has 0 aliphatic rings. The Balaban J connectivity index is 2.40. The molecule has 1 atom stereocenters. The first-order chi connectivity index (χ1) is 15.9. The number of unbranched alkanes of at least 4 members (excludes halogenated alkanes) is 1. The number of rotatable bonds is 12. The van der Waals surface area contributed by atoms with Crippen LogP contribution in [-0.4, -0.2) is 17.9 Å². The Bertz CT molecular complexity index is 995. The van der Waals surface area contributed by atoms with Crippen molar-refractivity contribution in [2.24, 2.45) is 5.73 Å². The fourth-order valence-electron chi connectivity index (χ4n) is 3.74. The molecule has 0 radical (unpaired) electrons. The summed E-state index contributed by atoms with van der Waals surface area (Å²) < 4.78 is 6.45. The third-order valence-corrected chi connectivity index (χ3v) is 7.05. The molecular weight excluding hydrogens is 424 g/mol. The summed E-state index contributed by atoms with van der Waals surface area (Å²) in [5, 5.41) is 2.91. The quantitative estimate of drug-likeness (QED) is 0.363. The number of nitrogens with two attached hydrogens (primary N) is 1. The van der Waals surface area contributed by atoms with Crippen LogP contribution in [0.3, 0.4) is 0 Å². The van der Waals surface area contributed by atoms with E-state index in [2.05, 4.69) is 65.9 Å². The van der Waals surface area contributed by atoms with Crippen molar-refractivity contribution in [2.45, 2.75) is 97.5 Å². The van der Waals surface area contributed by atoms with E-state index in [4.69, 9.17) is 10.5 Å². The van der Waals surface area contributed by atoms with Gasteiger partial charge in [-0.3, -0.25) is 9.59 Å². The van der Waals surface area contributed by atoms with Crippen LogP contribution >= 0.6 is 0 Å². The van der Waals surface area contributed by atoms with Crippen LogP contribution in [0.15, 0.2) is 42.5 Å². The zero-order chi connectivity index (χ0) is 25.5. The van der Waals surface area contributed by atoms with Gasteiger partial charge < -0.3 is 15.8 Å². The summed E-state index contributed by atoms with van der Waals surface area (Å²) in [6, 6.07) is 13.1. The number of anilines is 1. The number of primary amides is 1. The van der Waals surface area contributed by atoms with Crippen molar-refractivity contribution in [3.63, 3.8) is 0 Å². The van der Waals surface area contributed by atoms with E-state index in [0.29, 0.717) is 17.7 Å². The molecule has 0 spiro atoms. The Morgan fingerprint density at radius 1 is 0.971 bits per heavy atom. The van der Waals surface area contributed by atoms with Crippen LogP contribution in [0.25, 0.3) is 0 Å². The summed E-state index contributed by atoms with van der Waals surface area (Å²) in [6.07, 6.45) is 3.77. The lowest BCUT2D eigenvalue weighted by Crippen LogP contribution is -2.34. The molecule has 0 aliphatic heterocycles. The van der Waals surface area contributed by atoms with E-state index >= 15 is 0 Å². The maximum Gasteiger partial charge on any atom is 0.265 e. The van der Waals surface area contributed by atoms with Crippen LogP contribution in [0.5, 0.6) is 5.75 Å². The molecule has 0 heterocycles. The van der Waals surface area contributed by atoms with Crippen LogP contribution in [0.2, 0.25) is 0 Å². The lowest BCUT2D eigenvalue weighted by atomic mass is 9.76. The monoisotopic (exact) mass is 466 g/mol. The highest BCUT2D eigenvalue weighted by molar-refractivity contribution is 5.97. The van der Waals surface area contributed by atoms with Gasteiger partial charge in [-0.15, -0.1) is 0 Å². The van der Waals surface area contributed by atoms with E-state index in [1.54, 1.807) is 24.3 Å². The third-order valence-electron chi connectivity index (χ3n) is 7.05. The first kappa shape index (κ1) is 27.4. The van der Waals surface area contributed by atoms with Crippen molar-refractivity contribution in [3.8, 4) is 5.75 Å². The lowest BCUT2D eigenvalue weighted by Gasteiger charge is -2.31. The van der Waals surface area contributed by atoms with E-state index in [-0.39, 0.29) is 16.7 Å². The fraction of sp³-hybridized carbons (Fsp3) is 0.517. The van der Waals surface area contributed by atoms with Crippen molar-refractivity contribution in [1.82, 2.24) is 0 Å². The second-order valence-corrected chi connectivity index (χ2v) is 10.4. The van der Waals surface area contributed by atoms with E-state index in [0.717, 1.165) is 37.0 Å². The largest absolute Gasteiger partial charge is 0.480 e. The summed E-state index contributed by atoms with van der Waals surface area (Å²) in [5.74, 6) is -0.00523. The number of carbonyl (C=O) groups excluding carboxylic acids is 2. The molecular formula is C29H42N2O3. The summed E-state index contributed by atoms with van der Waals surface area (Å²) in [6.45, 7) is 15.4.